The molecule has 0 spiro atoms. The first-order valence-corrected chi connectivity index (χ1v) is 11.9. The highest BCUT2D eigenvalue weighted by Gasteiger charge is 2.30. The predicted octanol–water partition coefficient (Wildman–Crippen LogP) is 2.02. The van der Waals surface area contributed by atoms with Crippen molar-refractivity contribution in [2.45, 2.75) is 63.6 Å². The van der Waals surface area contributed by atoms with Crippen LogP contribution in [0.4, 0.5) is 0 Å². The molecule has 3 aliphatic heterocycles. The summed E-state index contributed by atoms with van der Waals surface area (Å²) in [6, 6.07) is 8.37. The molecule has 3 aliphatic rings. The third-order valence-electron chi connectivity index (χ3n) is 6.64. The predicted molar refractivity (Wildman–Crippen MR) is 123 cm³/mol. The molecule has 0 saturated carbocycles. The summed E-state index contributed by atoms with van der Waals surface area (Å²) in [6.07, 6.45) is 3.01. The number of carbonyl (C=O) groups is 1. The van der Waals surface area contributed by atoms with Crippen molar-refractivity contribution < 1.29 is 24.2 Å². The van der Waals surface area contributed by atoms with E-state index in [0.717, 1.165) is 57.5 Å². The van der Waals surface area contributed by atoms with Gasteiger partial charge in [0, 0.05) is 38.3 Å². The minimum absolute atomic E-state index is 0.0360. The Bertz CT molecular complexity index is 802. The normalized spacial score (nSPS) is 29.3. The van der Waals surface area contributed by atoms with Crippen molar-refractivity contribution in [2.75, 3.05) is 39.3 Å². The number of benzene rings is 1. The van der Waals surface area contributed by atoms with Gasteiger partial charge in [0.2, 0.25) is 0 Å². The fourth-order valence-electron chi connectivity index (χ4n) is 5.01. The van der Waals surface area contributed by atoms with Gasteiger partial charge in [-0.1, -0.05) is 24.3 Å². The number of likely N-dealkylation sites (tertiary alicyclic amines) is 1. The second kappa shape index (κ2) is 10.9. The number of piperidine rings is 1. The van der Waals surface area contributed by atoms with E-state index in [1.54, 1.807) is 0 Å². The van der Waals surface area contributed by atoms with Crippen molar-refractivity contribution in [3.05, 3.63) is 35.4 Å². The number of carboxylic acids is 1. The van der Waals surface area contributed by atoms with Crippen LogP contribution in [0.3, 0.4) is 0 Å². The van der Waals surface area contributed by atoms with Crippen LogP contribution in [0.25, 0.3) is 0 Å². The zero-order valence-electron chi connectivity index (χ0n) is 19.5. The number of ether oxygens (including phenoxy) is 2. The van der Waals surface area contributed by atoms with Crippen molar-refractivity contribution in [2.24, 2.45) is 0 Å². The highest BCUT2D eigenvalue weighted by atomic mass is 16.7. The Morgan fingerprint density at radius 2 is 1.85 bits per heavy atom. The fourth-order valence-corrected chi connectivity index (χ4v) is 5.01. The van der Waals surface area contributed by atoms with Crippen molar-refractivity contribution >= 4 is 11.8 Å². The van der Waals surface area contributed by atoms with Crippen LogP contribution in [-0.2, 0) is 19.1 Å². The number of nitrogens with zero attached hydrogens (tertiary/aromatic N) is 2. The van der Waals surface area contributed by atoms with E-state index in [-0.39, 0.29) is 37.1 Å². The van der Waals surface area contributed by atoms with Gasteiger partial charge in [-0.25, -0.2) is 4.79 Å². The number of carboxylic acid groups (broad SMARTS) is 1. The van der Waals surface area contributed by atoms with Gasteiger partial charge in [-0.2, -0.15) is 5.48 Å². The van der Waals surface area contributed by atoms with Gasteiger partial charge in [0.15, 0.2) is 0 Å². The van der Waals surface area contributed by atoms with E-state index in [0.29, 0.717) is 5.84 Å². The van der Waals surface area contributed by atoms with Crippen LogP contribution in [-0.4, -0.2) is 90.5 Å². The Labute approximate surface area is 195 Å². The first-order valence-electron chi connectivity index (χ1n) is 11.9. The fraction of sp³-hybridized carbons (Fsp3) is 0.667. The number of amidine groups is 1. The summed E-state index contributed by atoms with van der Waals surface area (Å²) < 4.78 is 11.2. The van der Waals surface area contributed by atoms with E-state index in [2.05, 4.69) is 41.3 Å². The third-order valence-corrected chi connectivity index (χ3v) is 6.64. The van der Waals surface area contributed by atoms with Gasteiger partial charge < -0.3 is 24.4 Å². The molecule has 9 nitrogen and oxygen atoms in total. The molecule has 4 rings (SSSR count). The number of aliphatic carboxylic acids is 1. The molecule has 1 aromatic carbocycles. The Balaban J connectivity index is 1.23. The molecule has 1 aromatic rings. The van der Waals surface area contributed by atoms with Gasteiger partial charge in [-0.05, 0) is 38.7 Å². The van der Waals surface area contributed by atoms with Gasteiger partial charge >= 0.3 is 5.97 Å². The van der Waals surface area contributed by atoms with E-state index in [1.807, 2.05) is 12.1 Å². The molecule has 0 aromatic heterocycles. The van der Waals surface area contributed by atoms with Gasteiger partial charge in [-0.3, -0.25) is 10.2 Å². The molecule has 3 heterocycles. The molecule has 0 aliphatic carbocycles. The zero-order valence-corrected chi connectivity index (χ0v) is 19.5. The zero-order chi connectivity index (χ0) is 23.4. The van der Waals surface area contributed by atoms with Crippen LogP contribution in [0.1, 0.15) is 50.3 Å². The number of hydroxylamine groups is 1. The van der Waals surface area contributed by atoms with Crippen LogP contribution >= 0.6 is 0 Å². The number of hydrogen-bond acceptors (Lipinski definition) is 7. The van der Waals surface area contributed by atoms with Crippen LogP contribution < -0.4 is 5.48 Å². The maximum Gasteiger partial charge on any atom is 0.329 e. The lowest BCUT2D eigenvalue weighted by molar-refractivity contribution is -0.145. The number of morpholine rings is 1. The minimum atomic E-state index is -0.913. The van der Waals surface area contributed by atoms with E-state index in [9.17, 15) is 4.79 Å². The molecule has 3 saturated heterocycles. The Kier molecular flexibility index (Phi) is 7.98. The molecule has 3 N–H and O–H groups in total. The first kappa shape index (κ1) is 24.1. The smallest absolute Gasteiger partial charge is 0.329 e. The monoisotopic (exact) mass is 460 g/mol. The molecule has 0 amide bonds. The standard InChI is InChI=1S/C24H36N4O5/c1-16-12-28(13-17(2)32-16)24(25)19-5-3-18(4-6-19)22-11-21(33-26-22)14-27-9-7-20(8-10-27)31-15-23(29)30/h3-6,16-17,20-22,25-26H,7-15H2,1-2H3,(H,29,30). The Hall–Kier alpha value is -2.04. The lowest BCUT2D eigenvalue weighted by atomic mass is 9.99. The van der Waals surface area contributed by atoms with E-state index >= 15 is 0 Å². The summed E-state index contributed by atoms with van der Waals surface area (Å²) >= 11 is 0. The molecule has 0 radical (unpaired) electrons. The largest absolute Gasteiger partial charge is 0.480 e. The van der Waals surface area contributed by atoms with Gasteiger partial charge in [0.1, 0.15) is 12.4 Å². The van der Waals surface area contributed by atoms with Gasteiger partial charge in [-0.15, -0.1) is 0 Å². The molecule has 182 valence electrons. The van der Waals surface area contributed by atoms with E-state index in [1.165, 1.54) is 5.56 Å². The lowest BCUT2D eigenvalue weighted by Crippen LogP contribution is -2.48. The van der Waals surface area contributed by atoms with Crippen molar-refractivity contribution in [1.82, 2.24) is 15.3 Å². The lowest BCUT2D eigenvalue weighted by Gasteiger charge is -2.36. The van der Waals surface area contributed by atoms with Crippen LogP contribution in [0, 0.1) is 5.41 Å². The molecular formula is C24H36N4O5. The van der Waals surface area contributed by atoms with Crippen molar-refractivity contribution in [3.63, 3.8) is 0 Å². The highest BCUT2D eigenvalue weighted by molar-refractivity contribution is 5.96. The highest BCUT2D eigenvalue weighted by Crippen LogP contribution is 2.27. The molecule has 4 atom stereocenters. The van der Waals surface area contributed by atoms with Crippen LogP contribution in [0.5, 0.6) is 0 Å². The molecule has 9 heteroatoms. The maximum absolute atomic E-state index is 10.7. The average Bonchev–Trinajstić information content (AvgIpc) is 3.26. The molecule has 3 fully saturated rings. The summed E-state index contributed by atoms with van der Waals surface area (Å²) in [5.74, 6) is -0.364. The molecule has 33 heavy (non-hydrogen) atoms. The van der Waals surface area contributed by atoms with Crippen LogP contribution in [0.15, 0.2) is 24.3 Å². The Morgan fingerprint density at radius 1 is 1.18 bits per heavy atom. The quantitative estimate of drug-likeness (QED) is 0.419. The second-order valence-corrected chi connectivity index (χ2v) is 9.48. The minimum Gasteiger partial charge on any atom is -0.480 e. The average molecular weight is 461 g/mol. The molecule has 0 bridgehead atoms. The van der Waals surface area contributed by atoms with Crippen LogP contribution in [0.2, 0.25) is 0 Å². The number of nitrogens with one attached hydrogen (secondary N) is 2. The van der Waals surface area contributed by atoms with Crippen molar-refractivity contribution in [1.29, 1.82) is 5.41 Å². The summed E-state index contributed by atoms with van der Waals surface area (Å²) in [7, 11) is 0. The molecule has 4 unspecified atom stereocenters. The summed E-state index contributed by atoms with van der Waals surface area (Å²) in [5.41, 5.74) is 5.27. The van der Waals surface area contributed by atoms with Gasteiger partial charge in [0.25, 0.3) is 0 Å². The van der Waals surface area contributed by atoms with Crippen molar-refractivity contribution in [3.8, 4) is 0 Å². The molecular weight excluding hydrogens is 424 g/mol. The Morgan fingerprint density at radius 3 is 2.48 bits per heavy atom. The van der Waals surface area contributed by atoms with E-state index in [4.69, 9.17) is 24.8 Å². The summed E-state index contributed by atoms with van der Waals surface area (Å²) in [5, 5.41) is 17.4. The van der Waals surface area contributed by atoms with E-state index < -0.39 is 5.97 Å². The number of rotatable bonds is 7. The second-order valence-electron chi connectivity index (χ2n) is 9.48. The topological polar surface area (TPSA) is 107 Å². The maximum atomic E-state index is 10.7. The number of hydrogen-bond donors (Lipinski definition) is 3. The SMILES string of the molecule is CC1CN(C(=N)c2ccc(C3CC(CN4CCC(OCC(=O)O)CC4)ON3)cc2)CC(C)O1. The van der Waals surface area contributed by atoms with Gasteiger partial charge in [0.05, 0.1) is 30.5 Å². The summed E-state index contributed by atoms with van der Waals surface area (Å²) in [6.45, 7) is 8.01. The third kappa shape index (κ3) is 6.51. The summed E-state index contributed by atoms with van der Waals surface area (Å²) in [4.78, 5) is 21.0. The first-order chi connectivity index (χ1) is 15.9.